The first-order valence-electron chi connectivity index (χ1n) is 8.32. The summed E-state index contributed by atoms with van der Waals surface area (Å²) >= 11 is 7.39. The number of hydrogen-bond donors (Lipinski definition) is 1. The normalized spacial score (nSPS) is 11.6. The molecule has 0 bridgehead atoms. The number of carbonyl (C=O) groups excluding carboxylic acids is 1. The van der Waals surface area contributed by atoms with Gasteiger partial charge in [0.2, 0.25) is 0 Å². The number of fused-ring (bicyclic) bond motifs is 1. The third kappa shape index (κ3) is 4.34. The number of anilines is 1. The van der Waals surface area contributed by atoms with Crippen LogP contribution in [0.25, 0.3) is 10.2 Å². The molecule has 26 heavy (non-hydrogen) atoms. The minimum absolute atomic E-state index is 0.0753. The van der Waals surface area contributed by atoms with Crippen molar-refractivity contribution >= 4 is 44.2 Å². The Labute approximate surface area is 162 Å². The number of nitrogens with one attached hydrogen (secondary N) is 1. The smallest absolute Gasteiger partial charge is 0.264 e. The van der Waals surface area contributed by atoms with Gasteiger partial charge >= 0.3 is 0 Å². The Morgan fingerprint density at radius 2 is 2.00 bits per heavy atom. The van der Waals surface area contributed by atoms with E-state index in [1.54, 1.807) is 18.2 Å². The second-order valence-electron chi connectivity index (χ2n) is 7.20. The summed E-state index contributed by atoms with van der Waals surface area (Å²) in [6.45, 7) is 8.33. The van der Waals surface area contributed by atoms with E-state index in [-0.39, 0.29) is 17.9 Å². The number of rotatable bonds is 4. The second kappa shape index (κ2) is 7.25. The minimum atomic E-state index is -0.241. The van der Waals surface area contributed by atoms with Crippen LogP contribution in [0.2, 0.25) is 5.02 Å². The number of aryl methyl sites for hydroxylation is 1. The number of thiazole rings is 1. The lowest BCUT2D eigenvalue weighted by Crippen LogP contribution is -2.20. The van der Waals surface area contributed by atoms with Crippen LogP contribution in [0.15, 0.2) is 36.4 Å². The van der Waals surface area contributed by atoms with Crippen LogP contribution in [0.5, 0.6) is 5.75 Å². The first-order valence-corrected chi connectivity index (χ1v) is 9.52. The predicted octanol–water partition coefficient (Wildman–Crippen LogP) is 5.57. The van der Waals surface area contributed by atoms with Crippen molar-refractivity contribution in [2.75, 3.05) is 11.9 Å². The van der Waals surface area contributed by atoms with Crippen molar-refractivity contribution in [2.24, 2.45) is 0 Å². The molecule has 0 aliphatic heterocycles. The van der Waals surface area contributed by atoms with Crippen molar-refractivity contribution in [3.63, 3.8) is 0 Å². The molecule has 0 aliphatic carbocycles. The van der Waals surface area contributed by atoms with Crippen LogP contribution in [-0.2, 0) is 10.2 Å². The van der Waals surface area contributed by atoms with Gasteiger partial charge in [0.15, 0.2) is 11.7 Å². The van der Waals surface area contributed by atoms with E-state index in [9.17, 15) is 4.79 Å². The van der Waals surface area contributed by atoms with Crippen molar-refractivity contribution in [2.45, 2.75) is 33.1 Å². The van der Waals surface area contributed by atoms with Gasteiger partial charge < -0.3 is 4.74 Å². The molecule has 0 aliphatic rings. The second-order valence-corrected chi connectivity index (χ2v) is 8.67. The van der Waals surface area contributed by atoms with Crippen molar-refractivity contribution in [3.8, 4) is 5.75 Å². The number of benzene rings is 2. The number of hydrogen-bond acceptors (Lipinski definition) is 4. The standard InChI is InChI=1S/C20H21ClN2O2S/c1-12-9-14(21)6-8-16(12)25-11-18(24)23-19-22-15-7-5-13(20(2,3)4)10-17(15)26-19/h5-10H,11H2,1-4H3,(H,22,23,24). The van der Waals surface area contributed by atoms with E-state index >= 15 is 0 Å². The Hall–Kier alpha value is -2.11. The van der Waals surface area contributed by atoms with Gasteiger partial charge in [-0.3, -0.25) is 10.1 Å². The maximum Gasteiger partial charge on any atom is 0.264 e. The van der Waals surface area contributed by atoms with Gasteiger partial charge in [-0.2, -0.15) is 0 Å². The van der Waals surface area contributed by atoms with Crippen molar-refractivity contribution in [1.82, 2.24) is 4.98 Å². The fourth-order valence-electron chi connectivity index (χ4n) is 2.52. The summed E-state index contributed by atoms with van der Waals surface area (Å²) in [5.41, 5.74) is 3.09. The third-order valence-electron chi connectivity index (χ3n) is 4.00. The van der Waals surface area contributed by atoms with Crippen molar-refractivity contribution in [3.05, 3.63) is 52.5 Å². The monoisotopic (exact) mass is 388 g/mol. The molecule has 0 fully saturated rings. The van der Waals surface area contributed by atoms with Gasteiger partial charge in [0.25, 0.3) is 5.91 Å². The number of carbonyl (C=O) groups is 1. The Morgan fingerprint density at radius 3 is 2.69 bits per heavy atom. The van der Waals surface area contributed by atoms with E-state index < -0.39 is 0 Å². The molecule has 0 spiro atoms. The molecule has 0 unspecified atom stereocenters. The molecule has 136 valence electrons. The van der Waals surface area contributed by atoms with Crippen LogP contribution in [0.4, 0.5) is 5.13 Å². The molecule has 0 radical (unpaired) electrons. The first kappa shape index (κ1) is 18.7. The molecule has 1 amide bonds. The first-order chi connectivity index (χ1) is 12.2. The van der Waals surface area contributed by atoms with E-state index in [2.05, 4.69) is 43.2 Å². The van der Waals surface area contributed by atoms with Gasteiger partial charge in [0.1, 0.15) is 5.75 Å². The van der Waals surface area contributed by atoms with E-state index in [0.717, 1.165) is 15.8 Å². The molecule has 1 N–H and O–H groups in total. The quantitative estimate of drug-likeness (QED) is 0.635. The number of nitrogens with zero attached hydrogens (tertiary/aromatic N) is 1. The topological polar surface area (TPSA) is 51.2 Å². The molecule has 0 saturated carbocycles. The Kier molecular flexibility index (Phi) is 5.21. The summed E-state index contributed by atoms with van der Waals surface area (Å²) in [4.78, 5) is 16.6. The Bertz CT molecular complexity index is 960. The highest BCUT2D eigenvalue weighted by molar-refractivity contribution is 7.22. The zero-order valence-corrected chi connectivity index (χ0v) is 16.8. The molecular weight excluding hydrogens is 368 g/mol. The number of ether oxygens (including phenoxy) is 1. The van der Waals surface area contributed by atoms with Crippen molar-refractivity contribution in [1.29, 1.82) is 0 Å². The lowest BCUT2D eigenvalue weighted by atomic mass is 9.87. The highest BCUT2D eigenvalue weighted by Crippen LogP contribution is 2.31. The van der Waals surface area contributed by atoms with Crippen LogP contribution in [-0.4, -0.2) is 17.5 Å². The molecule has 3 aromatic rings. The van der Waals surface area contributed by atoms with Gasteiger partial charge in [-0.25, -0.2) is 4.98 Å². The van der Waals surface area contributed by atoms with Gasteiger partial charge in [0.05, 0.1) is 10.2 Å². The van der Waals surface area contributed by atoms with Crippen LogP contribution in [0.1, 0.15) is 31.9 Å². The Balaban J connectivity index is 1.67. The summed E-state index contributed by atoms with van der Waals surface area (Å²) in [5, 5.41) is 4.03. The highest BCUT2D eigenvalue weighted by Gasteiger charge is 2.16. The largest absolute Gasteiger partial charge is 0.483 e. The summed E-state index contributed by atoms with van der Waals surface area (Å²) in [6, 6.07) is 11.5. The van der Waals surface area contributed by atoms with E-state index in [4.69, 9.17) is 16.3 Å². The van der Waals surface area contributed by atoms with Gasteiger partial charge in [-0.1, -0.05) is 49.8 Å². The van der Waals surface area contributed by atoms with Crippen LogP contribution in [0.3, 0.4) is 0 Å². The highest BCUT2D eigenvalue weighted by atomic mass is 35.5. The molecule has 1 aromatic heterocycles. The Morgan fingerprint density at radius 1 is 1.23 bits per heavy atom. The summed E-state index contributed by atoms with van der Waals surface area (Å²) in [6.07, 6.45) is 0. The minimum Gasteiger partial charge on any atom is -0.483 e. The van der Waals surface area contributed by atoms with Crippen LogP contribution in [0, 0.1) is 6.92 Å². The molecule has 2 aromatic carbocycles. The van der Waals surface area contributed by atoms with E-state index in [1.165, 1.54) is 16.9 Å². The molecule has 0 atom stereocenters. The fraction of sp³-hybridized carbons (Fsp3) is 0.300. The molecular formula is C20H21ClN2O2S. The van der Waals surface area contributed by atoms with Crippen molar-refractivity contribution < 1.29 is 9.53 Å². The van der Waals surface area contributed by atoms with Gasteiger partial charge in [-0.05, 0) is 53.8 Å². The average Bonchev–Trinajstić information content (AvgIpc) is 2.94. The number of halogens is 1. The molecule has 4 nitrogen and oxygen atoms in total. The van der Waals surface area contributed by atoms with E-state index in [0.29, 0.717) is 15.9 Å². The molecule has 1 heterocycles. The van der Waals surface area contributed by atoms with Crippen LogP contribution >= 0.6 is 22.9 Å². The lowest BCUT2D eigenvalue weighted by Gasteiger charge is -2.18. The van der Waals surface area contributed by atoms with Gasteiger partial charge in [0, 0.05) is 5.02 Å². The summed E-state index contributed by atoms with van der Waals surface area (Å²) in [5.74, 6) is 0.401. The lowest BCUT2D eigenvalue weighted by molar-refractivity contribution is -0.118. The van der Waals surface area contributed by atoms with E-state index in [1.807, 2.05) is 13.0 Å². The predicted molar refractivity (Wildman–Crippen MR) is 109 cm³/mol. The third-order valence-corrected chi connectivity index (χ3v) is 5.17. The molecule has 3 rings (SSSR count). The molecule has 0 saturated heterocycles. The van der Waals surface area contributed by atoms with Gasteiger partial charge in [-0.15, -0.1) is 0 Å². The average molecular weight is 389 g/mol. The maximum atomic E-state index is 12.2. The maximum absolute atomic E-state index is 12.2. The molecule has 6 heteroatoms. The summed E-state index contributed by atoms with van der Waals surface area (Å²) < 4.78 is 6.63. The van der Waals surface area contributed by atoms with Crippen LogP contribution < -0.4 is 10.1 Å². The number of amides is 1. The zero-order chi connectivity index (χ0) is 18.9. The fourth-order valence-corrected chi connectivity index (χ4v) is 3.67. The zero-order valence-electron chi connectivity index (χ0n) is 15.2. The summed E-state index contributed by atoms with van der Waals surface area (Å²) in [7, 11) is 0. The number of aromatic nitrogens is 1. The SMILES string of the molecule is Cc1cc(Cl)ccc1OCC(=O)Nc1nc2ccc(C(C)(C)C)cc2s1.